The molecule has 0 aliphatic heterocycles. The maximum absolute atomic E-state index is 5.67. The van der Waals surface area contributed by atoms with Gasteiger partial charge in [0, 0.05) is 35.3 Å². The summed E-state index contributed by atoms with van der Waals surface area (Å²) in [6.45, 7) is 4.15. The van der Waals surface area contributed by atoms with Crippen LogP contribution < -0.4 is 14.8 Å². The van der Waals surface area contributed by atoms with E-state index in [9.17, 15) is 0 Å². The summed E-state index contributed by atoms with van der Waals surface area (Å²) in [5, 5.41) is 13.7. The molecule has 0 radical (unpaired) electrons. The third kappa shape index (κ3) is 4.11. The SMILES string of the molecule is COc1cc(OC)c(-c2ccncc2)c(-c2nnc(Nc3cc(C)cc(C)c3)s2)c1. The number of hydrogen-bond acceptors (Lipinski definition) is 7. The monoisotopic (exact) mass is 418 g/mol. The minimum Gasteiger partial charge on any atom is -0.497 e. The van der Waals surface area contributed by atoms with E-state index < -0.39 is 0 Å². The molecule has 2 aromatic heterocycles. The van der Waals surface area contributed by atoms with E-state index in [0.717, 1.165) is 32.5 Å². The molecule has 0 atom stereocenters. The number of aromatic nitrogens is 3. The maximum Gasteiger partial charge on any atom is 0.210 e. The average molecular weight is 419 g/mol. The molecule has 30 heavy (non-hydrogen) atoms. The number of nitrogens with one attached hydrogen (secondary N) is 1. The van der Waals surface area contributed by atoms with Crippen molar-refractivity contribution >= 4 is 22.2 Å². The highest BCUT2D eigenvalue weighted by molar-refractivity contribution is 7.18. The number of anilines is 2. The number of rotatable bonds is 6. The fourth-order valence-corrected chi connectivity index (χ4v) is 4.19. The van der Waals surface area contributed by atoms with Crippen LogP contribution in [0.5, 0.6) is 11.5 Å². The van der Waals surface area contributed by atoms with Gasteiger partial charge in [0.25, 0.3) is 0 Å². The Kier molecular flexibility index (Phi) is 5.63. The number of ether oxygens (including phenoxy) is 2. The zero-order chi connectivity index (χ0) is 21.1. The second kappa shape index (κ2) is 8.51. The second-order valence-electron chi connectivity index (χ2n) is 6.90. The maximum atomic E-state index is 5.67. The van der Waals surface area contributed by atoms with Crippen molar-refractivity contribution < 1.29 is 9.47 Å². The van der Waals surface area contributed by atoms with E-state index in [1.807, 2.05) is 24.3 Å². The smallest absolute Gasteiger partial charge is 0.210 e. The van der Waals surface area contributed by atoms with E-state index >= 15 is 0 Å². The number of pyridine rings is 1. The zero-order valence-electron chi connectivity index (χ0n) is 17.3. The van der Waals surface area contributed by atoms with Crippen molar-refractivity contribution in [1.82, 2.24) is 15.2 Å². The molecular formula is C23H22N4O2S. The molecule has 6 nitrogen and oxygen atoms in total. The standard InChI is InChI=1S/C23H22N4O2S/c1-14-9-15(2)11-17(10-14)25-23-27-26-22(30-23)19-12-18(28-3)13-20(29-4)21(19)16-5-7-24-8-6-16/h5-13H,1-4H3,(H,25,27). The molecule has 0 saturated carbocycles. The van der Waals surface area contributed by atoms with Gasteiger partial charge in [-0.3, -0.25) is 4.98 Å². The van der Waals surface area contributed by atoms with Crippen LogP contribution in [-0.2, 0) is 0 Å². The molecule has 2 heterocycles. The van der Waals surface area contributed by atoms with Crippen molar-refractivity contribution in [2.45, 2.75) is 13.8 Å². The fraction of sp³-hybridized carbons (Fsp3) is 0.174. The van der Waals surface area contributed by atoms with Crippen molar-refractivity contribution in [3.63, 3.8) is 0 Å². The van der Waals surface area contributed by atoms with Crippen LogP contribution in [0.4, 0.5) is 10.8 Å². The third-order valence-electron chi connectivity index (χ3n) is 4.63. The lowest BCUT2D eigenvalue weighted by atomic mass is 9.99. The van der Waals surface area contributed by atoms with Gasteiger partial charge >= 0.3 is 0 Å². The zero-order valence-corrected chi connectivity index (χ0v) is 18.1. The molecule has 0 saturated heterocycles. The normalized spacial score (nSPS) is 10.7. The lowest BCUT2D eigenvalue weighted by Crippen LogP contribution is -1.94. The molecule has 4 aromatic rings. The first-order chi connectivity index (χ1) is 14.6. The van der Waals surface area contributed by atoms with Crippen molar-refractivity contribution in [2.24, 2.45) is 0 Å². The molecule has 1 N–H and O–H groups in total. The average Bonchev–Trinajstić information content (AvgIpc) is 3.21. The van der Waals surface area contributed by atoms with Gasteiger partial charge < -0.3 is 14.8 Å². The molecule has 0 aliphatic rings. The van der Waals surface area contributed by atoms with Gasteiger partial charge in [0.1, 0.15) is 16.5 Å². The van der Waals surface area contributed by atoms with E-state index in [0.29, 0.717) is 11.5 Å². The van der Waals surface area contributed by atoms with Gasteiger partial charge in [-0.25, -0.2) is 0 Å². The Hall–Kier alpha value is -3.45. The number of benzene rings is 2. The molecule has 0 spiro atoms. The minimum atomic E-state index is 0.693. The molecule has 0 unspecified atom stereocenters. The van der Waals surface area contributed by atoms with E-state index in [1.165, 1.54) is 22.5 Å². The fourth-order valence-electron chi connectivity index (χ4n) is 3.41. The van der Waals surface area contributed by atoms with Crippen molar-refractivity contribution in [2.75, 3.05) is 19.5 Å². The Bertz CT molecular complexity index is 1160. The predicted octanol–water partition coefficient (Wildman–Crippen LogP) is 5.64. The summed E-state index contributed by atoms with van der Waals surface area (Å²) in [6.07, 6.45) is 3.52. The number of nitrogens with zero attached hydrogens (tertiary/aromatic N) is 3. The Morgan fingerprint density at radius 2 is 1.60 bits per heavy atom. The molecule has 0 amide bonds. The third-order valence-corrected chi connectivity index (χ3v) is 5.50. The van der Waals surface area contributed by atoms with E-state index in [-0.39, 0.29) is 0 Å². The van der Waals surface area contributed by atoms with Crippen molar-refractivity contribution in [1.29, 1.82) is 0 Å². The van der Waals surface area contributed by atoms with Crippen LogP contribution in [0, 0.1) is 13.8 Å². The van der Waals surface area contributed by atoms with Crippen molar-refractivity contribution in [3.8, 4) is 33.2 Å². The Morgan fingerprint density at radius 3 is 2.27 bits per heavy atom. The Morgan fingerprint density at radius 1 is 0.867 bits per heavy atom. The van der Waals surface area contributed by atoms with Gasteiger partial charge in [0.15, 0.2) is 0 Å². The van der Waals surface area contributed by atoms with Gasteiger partial charge in [-0.1, -0.05) is 17.4 Å². The van der Waals surface area contributed by atoms with Crippen LogP contribution in [-0.4, -0.2) is 29.4 Å². The summed E-state index contributed by atoms with van der Waals surface area (Å²) >= 11 is 1.48. The van der Waals surface area contributed by atoms with Gasteiger partial charge in [-0.15, -0.1) is 10.2 Å². The summed E-state index contributed by atoms with van der Waals surface area (Å²) in [4.78, 5) is 4.13. The summed E-state index contributed by atoms with van der Waals surface area (Å²) in [7, 11) is 3.29. The highest BCUT2D eigenvalue weighted by Crippen LogP contribution is 2.43. The quantitative estimate of drug-likeness (QED) is 0.437. The highest BCUT2D eigenvalue weighted by Gasteiger charge is 2.19. The molecule has 0 fully saturated rings. The summed E-state index contributed by atoms with van der Waals surface area (Å²) < 4.78 is 11.2. The van der Waals surface area contributed by atoms with E-state index in [1.54, 1.807) is 26.6 Å². The second-order valence-corrected chi connectivity index (χ2v) is 7.88. The summed E-state index contributed by atoms with van der Waals surface area (Å²) in [5.41, 5.74) is 6.18. The lowest BCUT2D eigenvalue weighted by molar-refractivity contribution is 0.395. The largest absolute Gasteiger partial charge is 0.497 e. The molecule has 152 valence electrons. The van der Waals surface area contributed by atoms with E-state index in [2.05, 4.69) is 52.5 Å². The predicted molar refractivity (Wildman–Crippen MR) is 121 cm³/mol. The Balaban J connectivity index is 1.78. The molecule has 0 bridgehead atoms. The van der Waals surface area contributed by atoms with Gasteiger partial charge in [0.2, 0.25) is 5.13 Å². The number of methoxy groups -OCH3 is 2. The van der Waals surface area contributed by atoms with Crippen LogP contribution in [0.3, 0.4) is 0 Å². The van der Waals surface area contributed by atoms with Crippen LogP contribution in [0.15, 0.2) is 54.9 Å². The highest BCUT2D eigenvalue weighted by atomic mass is 32.1. The molecule has 0 aliphatic carbocycles. The summed E-state index contributed by atoms with van der Waals surface area (Å²) in [6, 6.07) is 14.0. The van der Waals surface area contributed by atoms with Crippen molar-refractivity contribution in [3.05, 3.63) is 66.0 Å². The first kappa shape index (κ1) is 19.8. The van der Waals surface area contributed by atoms with Gasteiger partial charge in [0.05, 0.1) is 14.2 Å². The minimum absolute atomic E-state index is 0.693. The van der Waals surface area contributed by atoms with Crippen LogP contribution in [0.25, 0.3) is 21.7 Å². The van der Waals surface area contributed by atoms with Gasteiger partial charge in [-0.05, 0) is 60.9 Å². The molecule has 4 rings (SSSR count). The first-order valence-electron chi connectivity index (χ1n) is 9.43. The Labute approximate surface area is 179 Å². The number of aryl methyl sites for hydroxylation is 2. The topological polar surface area (TPSA) is 69.2 Å². The molecule has 2 aromatic carbocycles. The van der Waals surface area contributed by atoms with Crippen LogP contribution in [0.2, 0.25) is 0 Å². The number of hydrogen-bond donors (Lipinski definition) is 1. The van der Waals surface area contributed by atoms with E-state index in [4.69, 9.17) is 9.47 Å². The lowest BCUT2D eigenvalue weighted by Gasteiger charge is -2.14. The molecule has 7 heteroatoms. The van der Waals surface area contributed by atoms with Crippen LogP contribution in [0.1, 0.15) is 11.1 Å². The first-order valence-corrected chi connectivity index (χ1v) is 10.2. The summed E-state index contributed by atoms with van der Waals surface area (Å²) in [5.74, 6) is 1.40. The van der Waals surface area contributed by atoms with Crippen LogP contribution >= 0.6 is 11.3 Å². The van der Waals surface area contributed by atoms with Gasteiger partial charge in [-0.2, -0.15) is 0 Å². The molecular weight excluding hydrogens is 396 g/mol.